The molecule has 1 aromatic heterocycles. The average molecular weight is 730 g/mol. The highest BCUT2D eigenvalue weighted by molar-refractivity contribution is 9.10. The number of aromatic hydroxyl groups is 1. The van der Waals surface area contributed by atoms with Crippen LogP contribution in [0.25, 0.3) is 17.3 Å². The van der Waals surface area contributed by atoms with E-state index in [1.807, 2.05) is 35.7 Å². The lowest BCUT2D eigenvalue weighted by molar-refractivity contribution is -0.115. The molecule has 1 heterocycles. The van der Waals surface area contributed by atoms with Gasteiger partial charge in [-0.25, -0.2) is 4.98 Å². The monoisotopic (exact) mass is 728 g/mol. The SMILES string of the molecule is COc1cc(O)ccc1/C=C(/NC(=O)c1ccccc1)C(=O)Nc1cccc(SC(C)C(=O)Nc2nc(-c3ccc(Br)cc3)cs2)c1. The molecule has 0 bridgehead atoms. The quantitative estimate of drug-likeness (QED) is 0.0806. The Bertz CT molecular complexity index is 1930. The lowest BCUT2D eigenvalue weighted by Gasteiger charge is -2.14. The van der Waals surface area contributed by atoms with E-state index in [1.54, 1.807) is 61.5 Å². The predicted molar refractivity (Wildman–Crippen MR) is 191 cm³/mol. The molecule has 0 spiro atoms. The molecule has 0 fully saturated rings. The van der Waals surface area contributed by atoms with Crippen molar-refractivity contribution in [3.63, 3.8) is 0 Å². The molecule has 0 saturated heterocycles. The van der Waals surface area contributed by atoms with Crippen molar-refractivity contribution in [2.24, 2.45) is 0 Å². The van der Waals surface area contributed by atoms with E-state index < -0.39 is 17.1 Å². The van der Waals surface area contributed by atoms with Gasteiger partial charge in [0.05, 0.1) is 18.1 Å². The summed E-state index contributed by atoms with van der Waals surface area (Å²) < 4.78 is 6.33. The van der Waals surface area contributed by atoms with Crippen LogP contribution >= 0.6 is 39.0 Å². The van der Waals surface area contributed by atoms with Gasteiger partial charge >= 0.3 is 0 Å². The molecule has 0 aliphatic heterocycles. The molecule has 3 amide bonds. The Morgan fingerprint density at radius 1 is 0.957 bits per heavy atom. The first-order chi connectivity index (χ1) is 22.7. The Morgan fingerprint density at radius 2 is 1.72 bits per heavy atom. The highest BCUT2D eigenvalue weighted by Crippen LogP contribution is 2.30. The highest BCUT2D eigenvalue weighted by Gasteiger charge is 2.19. The summed E-state index contributed by atoms with van der Waals surface area (Å²) in [6.45, 7) is 1.79. The van der Waals surface area contributed by atoms with Crippen molar-refractivity contribution in [3.05, 3.63) is 124 Å². The number of carbonyl (C=O) groups is 3. The van der Waals surface area contributed by atoms with Crippen LogP contribution in [0.3, 0.4) is 0 Å². The van der Waals surface area contributed by atoms with Crippen molar-refractivity contribution >= 4 is 73.6 Å². The van der Waals surface area contributed by atoms with Gasteiger partial charge in [0.15, 0.2) is 5.13 Å². The molecule has 1 atom stereocenters. The minimum atomic E-state index is -0.581. The summed E-state index contributed by atoms with van der Waals surface area (Å²) in [4.78, 5) is 44.9. The summed E-state index contributed by atoms with van der Waals surface area (Å²) in [6.07, 6.45) is 1.47. The van der Waals surface area contributed by atoms with E-state index in [2.05, 4.69) is 36.9 Å². The number of ether oxygens (including phenoxy) is 1. The summed E-state index contributed by atoms with van der Waals surface area (Å²) in [5, 5.41) is 20.2. The van der Waals surface area contributed by atoms with Gasteiger partial charge in [0.2, 0.25) is 5.91 Å². The molecule has 238 valence electrons. The number of amides is 3. The van der Waals surface area contributed by atoms with E-state index in [1.165, 1.54) is 48.4 Å². The van der Waals surface area contributed by atoms with Gasteiger partial charge in [-0.15, -0.1) is 23.1 Å². The number of phenolic OH excluding ortho intramolecular Hbond substituents is 1. The first-order valence-electron chi connectivity index (χ1n) is 14.2. The van der Waals surface area contributed by atoms with Crippen LogP contribution in [-0.2, 0) is 9.59 Å². The second kappa shape index (κ2) is 15.6. The fourth-order valence-electron chi connectivity index (χ4n) is 4.31. The molecule has 1 unspecified atom stereocenters. The Hall–Kier alpha value is -4.91. The molecule has 5 aromatic rings. The first-order valence-corrected chi connectivity index (χ1v) is 16.8. The number of hydrogen-bond donors (Lipinski definition) is 4. The van der Waals surface area contributed by atoms with Crippen LogP contribution in [0, 0.1) is 0 Å². The van der Waals surface area contributed by atoms with Crippen LogP contribution < -0.4 is 20.7 Å². The van der Waals surface area contributed by atoms with Gasteiger partial charge in [-0.05, 0) is 67.6 Å². The second-order valence-electron chi connectivity index (χ2n) is 10.1. The summed E-state index contributed by atoms with van der Waals surface area (Å²) >= 11 is 6.11. The van der Waals surface area contributed by atoms with E-state index in [-0.39, 0.29) is 17.4 Å². The zero-order valence-electron chi connectivity index (χ0n) is 25.2. The number of nitrogens with zero attached hydrogens (tertiary/aromatic N) is 1. The number of phenols is 1. The number of anilines is 2. The third-order valence-electron chi connectivity index (χ3n) is 6.69. The van der Waals surface area contributed by atoms with Crippen LogP contribution in [0.4, 0.5) is 10.8 Å². The largest absolute Gasteiger partial charge is 0.508 e. The third kappa shape index (κ3) is 9.09. The zero-order valence-corrected chi connectivity index (χ0v) is 28.4. The molecule has 0 aliphatic rings. The van der Waals surface area contributed by atoms with Gasteiger partial charge in [-0.1, -0.05) is 52.3 Å². The molecule has 0 saturated carbocycles. The van der Waals surface area contributed by atoms with E-state index >= 15 is 0 Å². The minimum absolute atomic E-state index is 0.00679. The maximum absolute atomic E-state index is 13.6. The van der Waals surface area contributed by atoms with Gasteiger partial charge in [-0.2, -0.15) is 0 Å². The van der Waals surface area contributed by atoms with E-state index in [4.69, 9.17) is 4.74 Å². The summed E-state index contributed by atoms with van der Waals surface area (Å²) in [6, 6.07) is 27.8. The molecule has 4 aromatic carbocycles. The van der Waals surface area contributed by atoms with Crippen molar-refractivity contribution < 1.29 is 24.2 Å². The van der Waals surface area contributed by atoms with Gasteiger partial charge in [0, 0.05) is 43.2 Å². The number of thioether (sulfide) groups is 1. The summed E-state index contributed by atoms with van der Waals surface area (Å²) in [5.41, 5.74) is 2.99. The lowest BCUT2D eigenvalue weighted by atomic mass is 10.1. The van der Waals surface area contributed by atoms with Gasteiger partial charge in [-0.3, -0.25) is 14.4 Å². The molecule has 12 heteroatoms. The Kier molecular flexibility index (Phi) is 11.1. The molecular weight excluding hydrogens is 700 g/mol. The number of rotatable bonds is 11. The molecule has 4 N–H and O–H groups in total. The first kappa shape index (κ1) is 33.5. The third-order valence-corrected chi connectivity index (χ3v) is 9.07. The number of nitrogens with one attached hydrogen (secondary N) is 3. The van der Waals surface area contributed by atoms with E-state index in [0.29, 0.717) is 27.7 Å². The van der Waals surface area contributed by atoms with Crippen LogP contribution in [0.15, 0.2) is 118 Å². The molecule has 5 rings (SSSR count). The smallest absolute Gasteiger partial charge is 0.272 e. The van der Waals surface area contributed by atoms with Crippen molar-refractivity contribution in [1.29, 1.82) is 0 Å². The molecule has 0 radical (unpaired) electrons. The van der Waals surface area contributed by atoms with Gasteiger partial charge in [0.25, 0.3) is 11.8 Å². The number of benzene rings is 4. The van der Waals surface area contributed by atoms with E-state index in [9.17, 15) is 19.5 Å². The number of methoxy groups -OCH3 is 1. The summed E-state index contributed by atoms with van der Waals surface area (Å²) in [7, 11) is 1.44. The van der Waals surface area contributed by atoms with Crippen molar-refractivity contribution in [1.82, 2.24) is 10.3 Å². The molecule has 0 aliphatic carbocycles. The molecule has 47 heavy (non-hydrogen) atoms. The Morgan fingerprint density at radius 3 is 2.47 bits per heavy atom. The maximum atomic E-state index is 13.6. The second-order valence-corrected chi connectivity index (χ2v) is 13.3. The van der Waals surface area contributed by atoms with Crippen LogP contribution in [0.2, 0.25) is 0 Å². The zero-order chi connectivity index (χ0) is 33.3. The number of thiazole rings is 1. The molecule has 9 nitrogen and oxygen atoms in total. The van der Waals surface area contributed by atoms with Crippen molar-refractivity contribution in [3.8, 4) is 22.8 Å². The van der Waals surface area contributed by atoms with Gasteiger partial charge in [0.1, 0.15) is 17.2 Å². The highest BCUT2D eigenvalue weighted by atomic mass is 79.9. The normalized spacial score (nSPS) is 11.8. The average Bonchev–Trinajstić information content (AvgIpc) is 3.54. The number of halogens is 1. The minimum Gasteiger partial charge on any atom is -0.508 e. The fraction of sp³-hybridized carbons (Fsp3) is 0.0857. The van der Waals surface area contributed by atoms with Crippen LogP contribution in [-0.4, -0.2) is 40.2 Å². The van der Waals surface area contributed by atoms with Crippen LogP contribution in [0.5, 0.6) is 11.5 Å². The summed E-state index contributed by atoms with van der Waals surface area (Å²) in [5.74, 6) is -0.955. The fourth-order valence-corrected chi connectivity index (χ4v) is 6.22. The number of aromatic nitrogens is 1. The predicted octanol–water partition coefficient (Wildman–Crippen LogP) is 7.82. The number of carbonyl (C=O) groups excluding carboxylic acids is 3. The lowest BCUT2D eigenvalue weighted by Crippen LogP contribution is -2.30. The topological polar surface area (TPSA) is 130 Å². The maximum Gasteiger partial charge on any atom is 0.272 e. The van der Waals surface area contributed by atoms with E-state index in [0.717, 1.165) is 20.6 Å². The van der Waals surface area contributed by atoms with Crippen molar-refractivity contribution in [2.45, 2.75) is 17.1 Å². The van der Waals surface area contributed by atoms with Crippen molar-refractivity contribution in [2.75, 3.05) is 17.7 Å². The standard InChI is InChI=1S/C35H29BrN4O5S2/c1-21(32(42)40-35-39-30(20-46-35)22-11-14-25(36)15-12-22)47-28-10-6-9-26(18-28)37-34(44)29(38-33(43)23-7-4-3-5-8-23)17-24-13-16-27(41)19-31(24)45-2/h3-21,41H,1-2H3,(H,37,44)(H,38,43)(H,39,40,42)/b29-17+. The Balaban J connectivity index is 1.28. The Labute approximate surface area is 288 Å². The number of hydrogen-bond acceptors (Lipinski definition) is 8. The van der Waals surface area contributed by atoms with Gasteiger partial charge < -0.3 is 25.8 Å². The molecular formula is C35H29BrN4O5S2. The van der Waals surface area contributed by atoms with Crippen LogP contribution in [0.1, 0.15) is 22.8 Å².